The molecular weight excluding hydrogens is 230 g/mol. The molecule has 0 unspecified atom stereocenters. The molecule has 0 saturated heterocycles. The fourth-order valence-corrected chi connectivity index (χ4v) is 1.67. The van der Waals surface area contributed by atoms with Crippen LogP contribution in [0.15, 0.2) is 24.3 Å². The summed E-state index contributed by atoms with van der Waals surface area (Å²) in [6, 6.07) is 6.79. The Balaban J connectivity index is 2.56. The highest BCUT2D eigenvalue weighted by molar-refractivity contribution is 5.32. The standard InChI is InChI=1S/C13H21N3O2/c1-4-15(10-9-14(2)3)11-12-5-7-13(8-6-12)16(17)18/h5-8H,4,9-11H2,1-3H3. The fourth-order valence-electron chi connectivity index (χ4n) is 1.67. The van der Waals surface area contributed by atoms with Gasteiger partial charge >= 0.3 is 0 Å². The first-order chi connectivity index (χ1) is 8.52. The third-order valence-corrected chi connectivity index (χ3v) is 2.86. The zero-order chi connectivity index (χ0) is 13.5. The normalized spacial score (nSPS) is 11.2. The van der Waals surface area contributed by atoms with Crippen molar-refractivity contribution >= 4 is 5.69 Å². The molecule has 0 fully saturated rings. The Bertz CT molecular complexity index is 376. The number of benzene rings is 1. The summed E-state index contributed by atoms with van der Waals surface area (Å²) in [6.07, 6.45) is 0. The maximum absolute atomic E-state index is 10.6. The predicted octanol–water partition coefficient (Wildman–Crippen LogP) is 1.98. The molecule has 0 aliphatic carbocycles. The molecule has 0 saturated carbocycles. The van der Waals surface area contributed by atoms with Gasteiger partial charge < -0.3 is 4.90 Å². The van der Waals surface area contributed by atoms with E-state index in [2.05, 4.69) is 30.8 Å². The van der Waals surface area contributed by atoms with Gasteiger partial charge in [-0.2, -0.15) is 0 Å². The Kier molecular flexibility index (Phi) is 5.74. The predicted molar refractivity (Wildman–Crippen MR) is 72.6 cm³/mol. The summed E-state index contributed by atoms with van der Waals surface area (Å²) in [4.78, 5) is 14.7. The van der Waals surface area contributed by atoms with Gasteiger partial charge in [-0.25, -0.2) is 0 Å². The number of nitro groups is 1. The van der Waals surface area contributed by atoms with Crippen LogP contribution in [0.3, 0.4) is 0 Å². The van der Waals surface area contributed by atoms with Gasteiger partial charge in [0, 0.05) is 31.8 Å². The van der Waals surface area contributed by atoms with E-state index < -0.39 is 0 Å². The lowest BCUT2D eigenvalue weighted by molar-refractivity contribution is -0.384. The van der Waals surface area contributed by atoms with Crippen LogP contribution in [0.5, 0.6) is 0 Å². The van der Waals surface area contributed by atoms with Crippen LogP contribution in [0.2, 0.25) is 0 Å². The van der Waals surface area contributed by atoms with Crippen LogP contribution < -0.4 is 0 Å². The summed E-state index contributed by atoms with van der Waals surface area (Å²) in [7, 11) is 4.11. The van der Waals surface area contributed by atoms with Gasteiger partial charge in [-0.15, -0.1) is 0 Å². The molecule has 0 aliphatic heterocycles. The first kappa shape index (κ1) is 14.6. The zero-order valence-corrected chi connectivity index (χ0v) is 11.3. The van der Waals surface area contributed by atoms with Gasteiger partial charge in [0.1, 0.15) is 0 Å². The van der Waals surface area contributed by atoms with E-state index in [-0.39, 0.29) is 10.6 Å². The van der Waals surface area contributed by atoms with Crippen molar-refractivity contribution in [2.75, 3.05) is 33.7 Å². The molecule has 100 valence electrons. The minimum absolute atomic E-state index is 0.148. The first-order valence-corrected chi connectivity index (χ1v) is 6.13. The number of nitrogens with zero attached hydrogens (tertiary/aromatic N) is 3. The van der Waals surface area contributed by atoms with Crippen LogP contribution in [0, 0.1) is 10.1 Å². The van der Waals surface area contributed by atoms with Gasteiger partial charge in [-0.05, 0) is 26.2 Å². The first-order valence-electron chi connectivity index (χ1n) is 6.13. The van der Waals surface area contributed by atoms with Crippen LogP contribution in [0.4, 0.5) is 5.69 Å². The SMILES string of the molecule is CCN(CCN(C)C)Cc1ccc([N+](=O)[O-])cc1. The number of rotatable bonds is 7. The summed E-state index contributed by atoms with van der Waals surface area (Å²) in [5.41, 5.74) is 1.26. The largest absolute Gasteiger partial charge is 0.308 e. The Labute approximate surface area is 108 Å². The fraction of sp³-hybridized carbons (Fsp3) is 0.538. The molecule has 0 spiro atoms. The summed E-state index contributed by atoms with van der Waals surface area (Å²) in [6.45, 7) is 5.95. The number of nitro benzene ring substituents is 1. The van der Waals surface area contributed by atoms with E-state index in [9.17, 15) is 10.1 Å². The highest BCUT2D eigenvalue weighted by Crippen LogP contribution is 2.13. The molecule has 0 amide bonds. The van der Waals surface area contributed by atoms with Crippen molar-refractivity contribution in [3.05, 3.63) is 39.9 Å². The lowest BCUT2D eigenvalue weighted by Gasteiger charge is -2.22. The highest BCUT2D eigenvalue weighted by atomic mass is 16.6. The molecule has 1 aromatic rings. The lowest BCUT2D eigenvalue weighted by atomic mass is 10.2. The van der Waals surface area contributed by atoms with Gasteiger partial charge in [-0.3, -0.25) is 15.0 Å². The van der Waals surface area contributed by atoms with Gasteiger partial charge in [0.2, 0.25) is 0 Å². The average molecular weight is 251 g/mol. The molecule has 0 aromatic heterocycles. The molecule has 0 bridgehead atoms. The van der Waals surface area contributed by atoms with Gasteiger partial charge in [-0.1, -0.05) is 19.1 Å². The van der Waals surface area contributed by atoms with E-state index in [4.69, 9.17) is 0 Å². The third kappa shape index (κ3) is 4.81. The molecule has 0 radical (unpaired) electrons. The van der Waals surface area contributed by atoms with Crippen molar-refractivity contribution in [1.29, 1.82) is 0 Å². The number of non-ortho nitro benzene ring substituents is 1. The minimum Gasteiger partial charge on any atom is -0.308 e. The van der Waals surface area contributed by atoms with E-state index in [1.807, 2.05) is 12.1 Å². The van der Waals surface area contributed by atoms with E-state index in [0.29, 0.717) is 0 Å². The summed E-state index contributed by atoms with van der Waals surface area (Å²) in [5, 5.41) is 10.6. The van der Waals surface area contributed by atoms with Gasteiger partial charge in [0.15, 0.2) is 0 Å². The van der Waals surface area contributed by atoms with E-state index in [0.717, 1.165) is 31.7 Å². The molecule has 0 aliphatic rings. The summed E-state index contributed by atoms with van der Waals surface area (Å²) < 4.78 is 0. The summed E-state index contributed by atoms with van der Waals surface area (Å²) >= 11 is 0. The third-order valence-electron chi connectivity index (χ3n) is 2.86. The molecule has 0 heterocycles. The van der Waals surface area contributed by atoms with E-state index in [1.165, 1.54) is 0 Å². The lowest BCUT2D eigenvalue weighted by Crippen LogP contribution is -2.31. The number of hydrogen-bond acceptors (Lipinski definition) is 4. The molecule has 0 N–H and O–H groups in total. The Morgan fingerprint density at radius 2 is 1.78 bits per heavy atom. The summed E-state index contributed by atoms with van der Waals surface area (Å²) in [5.74, 6) is 0. The second-order valence-electron chi connectivity index (χ2n) is 4.60. The minimum atomic E-state index is -0.368. The van der Waals surface area contributed by atoms with Gasteiger partial charge in [0.05, 0.1) is 4.92 Å². The second kappa shape index (κ2) is 7.08. The molecule has 1 aromatic carbocycles. The second-order valence-corrected chi connectivity index (χ2v) is 4.60. The average Bonchev–Trinajstić information content (AvgIpc) is 2.34. The molecular formula is C13H21N3O2. The van der Waals surface area contributed by atoms with Crippen LogP contribution in [0.1, 0.15) is 12.5 Å². The molecule has 5 heteroatoms. The zero-order valence-electron chi connectivity index (χ0n) is 11.3. The maximum atomic E-state index is 10.6. The monoisotopic (exact) mass is 251 g/mol. The van der Waals surface area contributed by atoms with Crippen molar-refractivity contribution < 1.29 is 4.92 Å². The van der Waals surface area contributed by atoms with E-state index >= 15 is 0 Å². The van der Waals surface area contributed by atoms with Crippen molar-refractivity contribution in [3.63, 3.8) is 0 Å². The van der Waals surface area contributed by atoms with Crippen LogP contribution in [-0.2, 0) is 6.54 Å². The van der Waals surface area contributed by atoms with Gasteiger partial charge in [0.25, 0.3) is 5.69 Å². The van der Waals surface area contributed by atoms with Crippen LogP contribution in [-0.4, -0.2) is 48.5 Å². The maximum Gasteiger partial charge on any atom is 0.269 e. The quantitative estimate of drug-likeness (QED) is 0.549. The van der Waals surface area contributed by atoms with Crippen molar-refractivity contribution in [3.8, 4) is 0 Å². The Hall–Kier alpha value is -1.46. The molecule has 18 heavy (non-hydrogen) atoms. The molecule has 5 nitrogen and oxygen atoms in total. The van der Waals surface area contributed by atoms with Crippen LogP contribution >= 0.6 is 0 Å². The van der Waals surface area contributed by atoms with Crippen molar-refractivity contribution in [1.82, 2.24) is 9.80 Å². The number of likely N-dealkylation sites (N-methyl/N-ethyl adjacent to an activating group) is 2. The molecule has 0 atom stereocenters. The molecule has 1 rings (SSSR count). The van der Waals surface area contributed by atoms with Crippen molar-refractivity contribution in [2.45, 2.75) is 13.5 Å². The Morgan fingerprint density at radius 3 is 2.22 bits per heavy atom. The number of hydrogen-bond donors (Lipinski definition) is 0. The topological polar surface area (TPSA) is 49.6 Å². The van der Waals surface area contributed by atoms with Crippen molar-refractivity contribution in [2.24, 2.45) is 0 Å². The Morgan fingerprint density at radius 1 is 1.17 bits per heavy atom. The van der Waals surface area contributed by atoms with E-state index in [1.54, 1.807) is 12.1 Å². The highest BCUT2D eigenvalue weighted by Gasteiger charge is 2.07. The smallest absolute Gasteiger partial charge is 0.269 e. The van der Waals surface area contributed by atoms with Crippen LogP contribution in [0.25, 0.3) is 0 Å².